The topological polar surface area (TPSA) is 59.2 Å². The van der Waals surface area contributed by atoms with Crippen LogP contribution in [0.3, 0.4) is 0 Å². The van der Waals surface area contributed by atoms with Crippen LogP contribution in [0.1, 0.15) is 17.9 Å². The van der Waals surface area contributed by atoms with E-state index in [2.05, 4.69) is 9.97 Å². The molecule has 0 saturated heterocycles. The number of aryl methyl sites for hydroxylation is 1. The highest BCUT2D eigenvalue weighted by molar-refractivity contribution is 6.33. The molecule has 6 heteroatoms. The van der Waals surface area contributed by atoms with Gasteiger partial charge in [-0.15, -0.1) is 0 Å². The van der Waals surface area contributed by atoms with Gasteiger partial charge in [0.2, 0.25) is 5.91 Å². The Labute approximate surface area is 180 Å². The molecule has 0 unspecified atom stereocenters. The minimum atomic E-state index is -0.0463. The van der Waals surface area contributed by atoms with Gasteiger partial charge in [0.25, 0.3) is 0 Å². The summed E-state index contributed by atoms with van der Waals surface area (Å²) in [4.78, 5) is 23.4. The van der Waals surface area contributed by atoms with Gasteiger partial charge in [-0.2, -0.15) is 0 Å². The minimum absolute atomic E-state index is 0.0463. The molecule has 1 amide bonds. The van der Waals surface area contributed by atoms with Gasteiger partial charge >= 0.3 is 0 Å². The molecular weight excluding hydrogens is 398 g/mol. The van der Waals surface area contributed by atoms with Crippen molar-refractivity contribution in [3.63, 3.8) is 0 Å². The number of oxazole rings is 1. The molecular formula is C24H20ClN3O2. The van der Waals surface area contributed by atoms with E-state index >= 15 is 0 Å². The van der Waals surface area contributed by atoms with Gasteiger partial charge in [-0.1, -0.05) is 60.1 Å². The van der Waals surface area contributed by atoms with E-state index < -0.39 is 0 Å². The summed E-state index contributed by atoms with van der Waals surface area (Å²) in [6.07, 6.45) is 3.97. The van der Waals surface area contributed by atoms with E-state index in [0.717, 1.165) is 11.1 Å². The first-order valence-electron chi connectivity index (χ1n) is 9.65. The van der Waals surface area contributed by atoms with Crippen molar-refractivity contribution < 1.29 is 9.21 Å². The standard InChI is InChI=1S/C24H20ClN3O2/c25-20-11-5-4-10-19(20)21-16-27-23(30-21)13-14-24(29)28(22-12-6-7-15-26-22)17-18-8-2-1-3-9-18/h1-12,15-16H,13-14,17H2. The monoisotopic (exact) mass is 417 g/mol. The number of carbonyl (C=O) groups is 1. The van der Waals surface area contributed by atoms with Crippen molar-refractivity contribution in [1.29, 1.82) is 0 Å². The fraction of sp³-hybridized carbons (Fsp3) is 0.125. The van der Waals surface area contributed by atoms with Gasteiger partial charge in [0.15, 0.2) is 11.7 Å². The zero-order valence-electron chi connectivity index (χ0n) is 16.2. The second-order valence-corrected chi connectivity index (χ2v) is 7.16. The molecule has 0 N–H and O–H groups in total. The van der Waals surface area contributed by atoms with E-state index in [-0.39, 0.29) is 12.3 Å². The molecule has 0 aliphatic heterocycles. The summed E-state index contributed by atoms with van der Waals surface area (Å²) in [6, 6.07) is 22.8. The van der Waals surface area contributed by atoms with E-state index in [1.54, 1.807) is 23.4 Å². The fourth-order valence-corrected chi connectivity index (χ4v) is 3.37. The molecule has 2 aromatic heterocycles. The van der Waals surface area contributed by atoms with Crippen molar-refractivity contribution in [1.82, 2.24) is 9.97 Å². The molecule has 2 heterocycles. The van der Waals surface area contributed by atoms with Gasteiger partial charge < -0.3 is 4.42 Å². The van der Waals surface area contributed by atoms with Crippen LogP contribution in [0.25, 0.3) is 11.3 Å². The Hall–Kier alpha value is -3.44. The highest BCUT2D eigenvalue weighted by Gasteiger charge is 2.18. The molecule has 2 aromatic carbocycles. The van der Waals surface area contributed by atoms with Crippen LogP contribution in [-0.2, 0) is 17.8 Å². The third kappa shape index (κ3) is 4.75. The Kier molecular flexibility index (Phi) is 6.20. The largest absolute Gasteiger partial charge is 0.441 e. The number of pyridine rings is 1. The molecule has 0 saturated carbocycles. The van der Waals surface area contributed by atoms with Crippen LogP contribution in [0.15, 0.2) is 89.6 Å². The van der Waals surface area contributed by atoms with E-state index in [9.17, 15) is 4.79 Å². The third-order valence-corrected chi connectivity index (χ3v) is 4.99. The molecule has 0 atom stereocenters. The van der Waals surface area contributed by atoms with Crippen LogP contribution in [-0.4, -0.2) is 15.9 Å². The maximum atomic E-state index is 13.0. The van der Waals surface area contributed by atoms with Crippen molar-refractivity contribution in [3.8, 4) is 11.3 Å². The number of hydrogen-bond acceptors (Lipinski definition) is 4. The van der Waals surface area contributed by atoms with E-state index in [1.165, 1.54) is 0 Å². The molecule has 4 rings (SSSR count). The summed E-state index contributed by atoms with van der Waals surface area (Å²) in [5.41, 5.74) is 1.82. The van der Waals surface area contributed by atoms with Gasteiger partial charge in [0.05, 0.1) is 17.8 Å². The lowest BCUT2D eigenvalue weighted by Gasteiger charge is -2.21. The predicted octanol–water partition coefficient (Wildman–Crippen LogP) is 5.56. The van der Waals surface area contributed by atoms with Crippen LogP contribution in [0.2, 0.25) is 5.02 Å². The van der Waals surface area contributed by atoms with Gasteiger partial charge in [-0.25, -0.2) is 9.97 Å². The molecule has 150 valence electrons. The summed E-state index contributed by atoms with van der Waals surface area (Å²) in [7, 11) is 0. The number of amides is 1. The lowest BCUT2D eigenvalue weighted by Crippen LogP contribution is -2.31. The smallest absolute Gasteiger partial charge is 0.228 e. The number of anilines is 1. The number of halogens is 1. The first-order valence-corrected chi connectivity index (χ1v) is 10.0. The van der Waals surface area contributed by atoms with Crippen molar-refractivity contribution in [2.45, 2.75) is 19.4 Å². The number of hydrogen-bond donors (Lipinski definition) is 0. The van der Waals surface area contributed by atoms with E-state index in [1.807, 2.05) is 66.7 Å². The zero-order chi connectivity index (χ0) is 20.8. The first kappa shape index (κ1) is 19.9. The zero-order valence-corrected chi connectivity index (χ0v) is 17.0. The Morgan fingerprint density at radius 1 is 0.933 bits per heavy atom. The molecule has 0 aliphatic carbocycles. The molecule has 30 heavy (non-hydrogen) atoms. The molecule has 0 radical (unpaired) electrons. The van der Waals surface area contributed by atoms with Crippen LogP contribution in [0, 0.1) is 0 Å². The molecule has 0 fully saturated rings. The number of rotatable bonds is 7. The molecule has 4 aromatic rings. The summed E-state index contributed by atoms with van der Waals surface area (Å²) in [6.45, 7) is 0.452. The van der Waals surface area contributed by atoms with E-state index in [0.29, 0.717) is 35.5 Å². The lowest BCUT2D eigenvalue weighted by atomic mass is 10.2. The average Bonchev–Trinajstić information content (AvgIpc) is 3.26. The highest BCUT2D eigenvalue weighted by Crippen LogP contribution is 2.28. The maximum absolute atomic E-state index is 13.0. The van der Waals surface area contributed by atoms with Crippen LogP contribution in [0.5, 0.6) is 0 Å². The molecule has 5 nitrogen and oxygen atoms in total. The normalized spacial score (nSPS) is 10.7. The van der Waals surface area contributed by atoms with Crippen molar-refractivity contribution in [2.75, 3.05) is 4.90 Å². The predicted molar refractivity (Wildman–Crippen MR) is 117 cm³/mol. The number of carbonyl (C=O) groups excluding carboxylic acids is 1. The van der Waals surface area contributed by atoms with Gasteiger partial charge in [0, 0.05) is 24.6 Å². The average molecular weight is 418 g/mol. The third-order valence-electron chi connectivity index (χ3n) is 4.66. The van der Waals surface area contributed by atoms with Crippen molar-refractivity contribution in [3.05, 3.63) is 102 Å². The van der Waals surface area contributed by atoms with Crippen molar-refractivity contribution in [2.24, 2.45) is 0 Å². The number of aromatic nitrogens is 2. The van der Waals surface area contributed by atoms with Crippen molar-refractivity contribution >= 4 is 23.3 Å². The Bertz CT molecular complexity index is 1110. The van der Waals surface area contributed by atoms with Gasteiger partial charge in [-0.05, 0) is 29.8 Å². The molecule has 0 bridgehead atoms. The summed E-state index contributed by atoms with van der Waals surface area (Å²) < 4.78 is 5.82. The minimum Gasteiger partial charge on any atom is -0.441 e. The van der Waals surface area contributed by atoms with Crippen LogP contribution in [0.4, 0.5) is 5.82 Å². The second-order valence-electron chi connectivity index (χ2n) is 6.75. The molecule has 0 spiro atoms. The highest BCUT2D eigenvalue weighted by atomic mass is 35.5. The Balaban J connectivity index is 1.47. The second kappa shape index (κ2) is 9.37. The van der Waals surface area contributed by atoms with Crippen LogP contribution >= 0.6 is 11.6 Å². The summed E-state index contributed by atoms with van der Waals surface area (Å²) in [5.74, 6) is 1.67. The number of nitrogens with zero attached hydrogens (tertiary/aromatic N) is 3. The summed E-state index contributed by atoms with van der Waals surface area (Å²) in [5, 5.41) is 0.598. The van der Waals surface area contributed by atoms with Crippen LogP contribution < -0.4 is 4.90 Å². The van der Waals surface area contributed by atoms with E-state index in [4.69, 9.17) is 16.0 Å². The number of benzene rings is 2. The van der Waals surface area contributed by atoms with Gasteiger partial charge in [0.1, 0.15) is 5.82 Å². The van der Waals surface area contributed by atoms with Gasteiger partial charge in [-0.3, -0.25) is 9.69 Å². The maximum Gasteiger partial charge on any atom is 0.228 e. The molecule has 0 aliphatic rings. The fourth-order valence-electron chi connectivity index (χ4n) is 3.14. The summed E-state index contributed by atoms with van der Waals surface area (Å²) >= 11 is 6.23. The lowest BCUT2D eigenvalue weighted by molar-refractivity contribution is -0.118. The quantitative estimate of drug-likeness (QED) is 0.395. The SMILES string of the molecule is O=C(CCc1ncc(-c2ccccc2Cl)o1)N(Cc1ccccc1)c1ccccn1. The Morgan fingerprint density at radius 2 is 1.70 bits per heavy atom. The first-order chi connectivity index (χ1) is 14.7. The Morgan fingerprint density at radius 3 is 2.47 bits per heavy atom.